The fraction of sp³-hybridized carbons (Fsp3) is 1.00. The van der Waals surface area contributed by atoms with E-state index in [1.165, 1.54) is 0 Å². The molecular formula is C44H78N4O35S2. The number of hydrogen-bond acceptors (Lipinski definition) is 37. The zero-order valence-electron chi connectivity index (χ0n) is 44.9. The lowest BCUT2D eigenvalue weighted by molar-refractivity contribution is -0.350. The molecule has 496 valence electrons. The van der Waals surface area contributed by atoms with Crippen LogP contribution in [0.5, 0.6) is 0 Å². The summed E-state index contributed by atoms with van der Waals surface area (Å²) in [6, 6.07) is -5.72. The molecule has 22 N–H and O–H groups in total. The van der Waals surface area contributed by atoms with Gasteiger partial charge in [0.1, 0.15) is 97.7 Å². The first-order valence-corrected chi connectivity index (χ1v) is 29.7. The van der Waals surface area contributed by atoms with E-state index in [-0.39, 0.29) is 25.9 Å². The second-order valence-corrected chi connectivity index (χ2v) is 23.7. The topological polar surface area (TPSA) is 612 Å². The first-order chi connectivity index (χ1) is 40.0. The minimum Gasteiger partial charge on any atom is -0.394 e. The molecule has 0 aromatic rings. The lowest BCUT2D eigenvalue weighted by Crippen LogP contribution is -2.66. The highest BCUT2D eigenvalue weighted by molar-refractivity contribution is 7.81. The Labute approximate surface area is 484 Å². The highest BCUT2D eigenvalue weighted by Gasteiger charge is 2.54. The van der Waals surface area contributed by atoms with E-state index in [9.17, 15) is 87.2 Å². The summed E-state index contributed by atoms with van der Waals surface area (Å²) in [6.07, 6.45) is -41.8. The normalized spacial score (nSPS) is 48.9. The van der Waals surface area contributed by atoms with Crippen LogP contribution in [0.25, 0.3) is 0 Å². The lowest BCUT2D eigenvalue weighted by Gasteiger charge is -2.47. The van der Waals surface area contributed by atoms with Crippen molar-refractivity contribution in [1.82, 2.24) is 0 Å². The first kappa shape index (κ1) is 69.4. The standard InChI is InChI=1S/C44H78N4O35S2/c45-29-33(56)37(18(5-49)73-41(29)60)80-26-2-14(52)21(9-68-26)76-44-32(48)36(59)40(24(79-44)12-72-85(64,65)66)83-28-4-16(54)20(8-70-28)75-42-30(46)34(57)38(19(6-50)74-42)81-27-3-15(53)22(10-69-27)77-43-31(47)35(58)39(23(78-43)11-71-84(61,62)63)82-25-1-13(51)17(55)7-67-25/h13-44,49-60H,1-12,45-48H2,(H,61,62,63)(H,64,65,66)/t13-,14-,15-,16-,17+,18?,19?,20+,21-,22?,23?,24?,25-,26-,27-,28-,29?,30?,31?,32?,33+,34+,35+,36+,37+,38+,39+,40+,41-,42-,43-,44+/m0/s1. The number of nitrogens with two attached hydrogens (primary N) is 4. The number of ether oxygens (including phenoxy) is 15. The smallest absolute Gasteiger partial charge is 0.394 e. The lowest BCUT2D eigenvalue weighted by atomic mass is 9.96. The van der Waals surface area contributed by atoms with Crippen LogP contribution in [-0.2, 0) is 100 Å². The molecule has 8 fully saturated rings. The fourth-order valence-corrected chi connectivity index (χ4v) is 11.2. The number of aliphatic hydroxyl groups excluding tert-OH is 12. The Bertz CT molecular complexity index is 2310. The average Bonchev–Trinajstić information content (AvgIpc) is 3.29. The zero-order valence-corrected chi connectivity index (χ0v) is 46.6. The monoisotopic (exact) mass is 1290 g/mol. The van der Waals surface area contributed by atoms with Gasteiger partial charge < -0.3 is 155 Å². The van der Waals surface area contributed by atoms with Crippen LogP contribution in [0.15, 0.2) is 0 Å². The largest absolute Gasteiger partial charge is 0.397 e. The van der Waals surface area contributed by atoms with Crippen molar-refractivity contribution in [2.24, 2.45) is 22.9 Å². The van der Waals surface area contributed by atoms with Gasteiger partial charge in [0.2, 0.25) is 0 Å². The highest BCUT2D eigenvalue weighted by Crippen LogP contribution is 2.35. The van der Waals surface area contributed by atoms with Crippen molar-refractivity contribution in [3.63, 3.8) is 0 Å². The molecule has 0 radical (unpaired) electrons. The Balaban J connectivity index is 0.806. The second-order valence-electron chi connectivity index (χ2n) is 21.5. The van der Waals surface area contributed by atoms with Crippen LogP contribution in [0.4, 0.5) is 0 Å². The van der Waals surface area contributed by atoms with E-state index in [4.69, 9.17) is 94.0 Å². The summed E-state index contributed by atoms with van der Waals surface area (Å²) in [5, 5.41) is 128. The SMILES string of the molecule is NC1[C@@H](OC2CO[C@@H](O[C@@H]3C(CO)O[C@@H](O[C@@H]4CO[C@@H](O[C@@H]5C(COS(=O)(=O)O)O[C@@H](O[C@H]6CO[C@@H](O[C@@H]7C(CO)O[C@H](O)C(N)[C@H]7O)C[C@@H]6O)C(N)[C@H]5O)C[C@@H]4O)C(N)[C@H]3O)C[C@@H]2O)OC(COS(=O)(=O)O)[C@@H](O[C@H]2C[C@H](O)[C@H](O)CO2)[C@@H]1O. The van der Waals surface area contributed by atoms with Gasteiger partial charge in [0.05, 0.1) is 101 Å². The van der Waals surface area contributed by atoms with Gasteiger partial charge >= 0.3 is 20.8 Å². The van der Waals surface area contributed by atoms with Crippen molar-refractivity contribution < 1.29 is 167 Å². The summed E-state index contributed by atoms with van der Waals surface area (Å²) < 4.78 is 160. The molecule has 0 amide bonds. The molecule has 0 saturated carbocycles. The van der Waals surface area contributed by atoms with Crippen LogP contribution >= 0.6 is 0 Å². The van der Waals surface area contributed by atoms with Crippen molar-refractivity contribution >= 4 is 20.8 Å². The number of hydrogen-bond donors (Lipinski definition) is 18. The Morgan fingerprint density at radius 3 is 0.988 bits per heavy atom. The van der Waals surface area contributed by atoms with E-state index in [1.807, 2.05) is 0 Å². The molecule has 8 heterocycles. The van der Waals surface area contributed by atoms with E-state index in [2.05, 4.69) is 8.37 Å². The maximum Gasteiger partial charge on any atom is 0.397 e. The van der Waals surface area contributed by atoms with Gasteiger partial charge in [-0.3, -0.25) is 9.11 Å². The molecule has 39 nitrogen and oxygen atoms in total. The molecule has 85 heavy (non-hydrogen) atoms. The second kappa shape index (κ2) is 29.8. The minimum absolute atomic E-state index is 0.264. The van der Waals surface area contributed by atoms with E-state index in [0.717, 1.165) is 0 Å². The summed E-state index contributed by atoms with van der Waals surface area (Å²) >= 11 is 0. The maximum absolute atomic E-state index is 11.7. The molecule has 32 atom stereocenters. The van der Waals surface area contributed by atoms with E-state index >= 15 is 0 Å². The van der Waals surface area contributed by atoms with Gasteiger partial charge in [-0.25, -0.2) is 8.37 Å². The van der Waals surface area contributed by atoms with Gasteiger partial charge in [-0.2, -0.15) is 16.8 Å². The average molecular weight is 1290 g/mol. The van der Waals surface area contributed by atoms with Gasteiger partial charge in [0.25, 0.3) is 0 Å². The van der Waals surface area contributed by atoms with Crippen LogP contribution in [-0.4, -0.2) is 337 Å². The third kappa shape index (κ3) is 17.6. The molecular weight excluding hydrogens is 1210 g/mol. The van der Waals surface area contributed by atoms with Crippen molar-refractivity contribution in [2.75, 3.05) is 52.9 Å². The van der Waals surface area contributed by atoms with E-state index in [0.29, 0.717) is 0 Å². The van der Waals surface area contributed by atoms with Crippen LogP contribution in [0, 0.1) is 0 Å². The van der Waals surface area contributed by atoms with E-state index in [1.54, 1.807) is 0 Å². The van der Waals surface area contributed by atoms with Crippen molar-refractivity contribution in [1.29, 1.82) is 0 Å². The molecule has 8 aliphatic rings. The molecule has 9 unspecified atom stereocenters. The molecule has 0 aliphatic carbocycles. The third-order valence-electron chi connectivity index (χ3n) is 15.4. The quantitative estimate of drug-likeness (QED) is 0.0448. The predicted molar refractivity (Wildman–Crippen MR) is 264 cm³/mol. The third-order valence-corrected chi connectivity index (χ3v) is 16.3. The van der Waals surface area contributed by atoms with Crippen molar-refractivity contribution in [3.05, 3.63) is 0 Å². The summed E-state index contributed by atoms with van der Waals surface area (Å²) in [4.78, 5) is 0. The van der Waals surface area contributed by atoms with Crippen molar-refractivity contribution in [3.8, 4) is 0 Å². The molecule has 8 aliphatic heterocycles. The first-order valence-electron chi connectivity index (χ1n) is 27.0. The molecule has 0 aromatic heterocycles. The molecule has 0 spiro atoms. The molecule has 0 bridgehead atoms. The summed E-state index contributed by atoms with van der Waals surface area (Å²) in [5.41, 5.74) is 24.7. The molecule has 8 saturated heterocycles. The molecule has 41 heteroatoms. The highest BCUT2D eigenvalue weighted by atomic mass is 32.3. The number of aliphatic hydroxyl groups is 12. The zero-order chi connectivity index (χ0) is 62.0. The Kier molecular flexibility index (Phi) is 24.4. The Morgan fingerprint density at radius 2 is 0.671 bits per heavy atom. The Hall–Kier alpha value is -1.50. The summed E-state index contributed by atoms with van der Waals surface area (Å²) in [6.45, 7) is -5.13. The number of rotatable bonds is 22. The van der Waals surface area contributed by atoms with Gasteiger partial charge in [0, 0.05) is 25.7 Å². The van der Waals surface area contributed by atoms with Crippen LogP contribution < -0.4 is 22.9 Å². The Morgan fingerprint density at radius 1 is 0.376 bits per heavy atom. The molecule has 8 rings (SSSR count). The van der Waals surface area contributed by atoms with Crippen molar-refractivity contribution in [2.45, 2.75) is 222 Å². The predicted octanol–water partition coefficient (Wildman–Crippen LogP) is -12.3. The van der Waals surface area contributed by atoms with Gasteiger partial charge in [-0.15, -0.1) is 0 Å². The summed E-state index contributed by atoms with van der Waals surface area (Å²) in [5.74, 6) is 0. The fourth-order valence-electron chi connectivity index (χ4n) is 10.6. The van der Waals surface area contributed by atoms with Crippen LogP contribution in [0.2, 0.25) is 0 Å². The maximum atomic E-state index is 11.7. The van der Waals surface area contributed by atoms with Gasteiger partial charge in [-0.05, 0) is 0 Å². The van der Waals surface area contributed by atoms with E-state index < -0.39 is 270 Å². The van der Waals surface area contributed by atoms with Gasteiger partial charge in [-0.1, -0.05) is 0 Å². The van der Waals surface area contributed by atoms with Crippen LogP contribution in [0.3, 0.4) is 0 Å². The van der Waals surface area contributed by atoms with Crippen LogP contribution in [0.1, 0.15) is 25.7 Å². The summed E-state index contributed by atoms with van der Waals surface area (Å²) in [7, 11) is -10.2. The molecule has 0 aromatic carbocycles. The van der Waals surface area contributed by atoms with Gasteiger partial charge in [0.15, 0.2) is 50.3 Å². The minimum atomic E-state index is -5.13.